The molecule has 1 aliphatic heterocycles. The second-order valence-corrected chi connectivity index (χ2v) is 8.09. The lowest BCUT2D eigenvalue weighted by molar-refractivity contribution is -0.122. The first-order valence-electron chi connectivity index (χ1n) is 10.8. The van der Waals surface area contributed by atoms with Crippen molar-refractivity contribution in [1.82, 2.24) is 15.8 Å². The highest BCUT2D eigenvalue weighted by molar-refractivity contribution is 5.76. The second-order valence-electron chi connectivity index (χ2n) is 8.09. The van der Waals surface area contributed by atoms with Crippen LogP contribution < -0.4 is 15.4 Å². The minimum Gasteiger partial charge on any atom is -0.497 e. The third-order valence-electron chi connectivity index (χ3n) is 5.95. The first-order valence-corrected chi connectivity index (χ1v) is 10.8. The maximum atomic E-state index is 12.5. The molecule has 4 rings (SSSR count). The van der Waals surface area contributed by atoms with Crippen LogP contribution in [0, 0.1) is 11.8 Å². The average molecular weight is 420 g/mol. The van der Waals surface area contributed by atoms with Crippen LogP contribution in [0.1, 0.15) is 24.1 Å². The molecule has 6 nitrogen and oxygen atoms in total. The Balaban J connectivity index is 1.34. The van der Waals surface area contributed by atoms with Crippen molar-refractivity contribution >= 4 is 5.91 Å². The van der Waals surface area contributed by atoms with Gasteiger partial charge in [0, 0.05) is 24.6 Å². The summed E-state index contributed by atoms with van der Waals surface area (Å²) in [6.45, 7) is 2.41. The van der Waals surface area contributed by atoms with Crippen LogP contribution in [0.3, 0.4) is 0 Å². The van der Waals surface area contributed by atoms with E-state index in [4.69, 9.17) is 9.26 Å². The van der Waals surface area contributed by atoms with Crippen molar-refractivity contribution in [3.05, 3.63) is 71.9 Å². The van der Waals surface area contributed by atoms with Gasteiger partial charge in [0.1, 0.15) is 5.75 Å². The molecule has 0 spiro atoms. The minimum absolute atomic E-state index is 0.111. The Morgan fingerprint density at radius 2 is 1.97 bits per heavy atom. The van der Waals surface area contributed by atoms with Crippen LogP contribution >= 0.6 is 0 Å². The van der Waals surface area contributed by atoms with Crippen molar-refractivity contribution in [3.8, 4) is 17.1 Å². The van der Waals surface area contributed by atoms with Crippen molar-refractivity contribution in [1.29, 1.82) is 0 Å². The average Bonchev–Trinajstić information content (AvgIpc) is 3.28. The smallest absolute Gasteiger partial charge is 0.220 e. The summed E-state index contributed by atoms with van der Waals surface area (Å²) in [5.41, 5.74) is 3.01. The first kappa shape index (κ1) is 21.1. The quantitative estimate of drug-likeness (QED) is 0.580. The molecule has 0 radical (unpaired) electrons. The zero-order chi connectivity index (χ0) is 21.5. The molecule has 1 aromatic heterocycles. The van der Waals surface area contributed by atoms with Crippen molar-refractivity contribution < 1.29 is 14.1 Å². The topological polar surface area (TPSA) is 76.4 Å². The molecule has 1 saturated heterocycles. The van der Waals surface area contributed by atoms with E-state index in [1.807, 2.05) is 60.7 Å². The van der Waals surface area contributed by atoms with Gasteiger partial charge >= 0.3 is 0 Å². The van der Waals surface area contributed by atoms with Crippen LogP contribution in [0.15, 0.2) is 65.2 Å². The fourth-order valence-corrected chi connectivity index (χ4v) is 4.16. The Kier molecular flexibility index (Phi) is 6.99. The molecule has 0 aliphatic carbocycles. The molecule has 2 atom stereocenters. The maximum Gasteiger partial charge on any atom is 0.220 e. The molecule has 0 unspecified atom stereocenters. The number of ether oxygens (including phenoxy) is 1. The Morgan fingerprint density at radius 1 is 1.16 bits per heavy atom. The highest BCUT2D eigenvalue weighted by Crippen LogP contribution is 2.28. The lowest BCUT2D eigenvalue weighted by atomic mass is 9.81. The summed E-state index contributed by atoms with van der Waals surface area (Å²) in [6.07, 6.45) is 2.33. The molecule has 1 fully saturated rings. The SMILES string of the molecule is COc1ccc(-c2cc(C[C@H]3CNCC[C@H]3CC(=O)NCc3ccccc3)no2)cc1. The monoisotopic (exact) mass is 419 g/mol. The van der Waals surface area contributed by atoms with Crippen molar-refractivity contribution in [2.75, 3.05) is 20.2 Å². The lowest BCUT2D eigenvalue weighted by Crippen LogP contribution is -2.40. The van der Waals surface area contributed by atoms with Gasteiger partial charge in [-0.05, 0) is 67.6 Å². The van der Waals surface area contributed by atoms with E-state index in [2.05, 4.69) is 15.8 Å². The number of hydrogen-bond acceptors (Lipinski definition) is 5. The number of nitrogens with one attached hydrogen (secondary N) is 2. The van der Waals surface area contributed by atoms with Crippen LogP contribution in [-0.4, -0.2) is 31.3 Å². The zero-order valence-corrected chi connectivity index (χ0v) is 17.8. The molecule has 1 aliphatic rings. The number of carbonyl (C=O) groups is 1. The number of rotatable bonds is 8. The number of aromatic nitrogens is 1. The summed E-state index contributed by atoms with van der Waals surface area (Å²) in [4.78, 5) is 12.5. The van der Waals surface area contributed by atoms with Crippen LogP contribution in [0.4, 0.5) is 0 Å². The van der Waals surface area contributed by atoms with Crippen LogP contribution in [0.5, 0.6) is 5.75 Å². The molecule has 3 aromatic rings. The molecule has 31 heavy (non-hydrogen) atoms. The minimum atomic E-state index is 0.111. The second kappa shape index (κ2) is 10.3. The van der Waals surface area contributed by atoms with E-state index in [9.17, 15) is 4.79 Å². The summed E-state index contributed by atoms with van der Waals surface area (Å²) < 4.78 is 10.8. The highest BCUT2D eigenvalue weighted by Gasteiger charge is 2.28. The van der Waals surface area contributed by atoms with Gasteiger partial charge in [-0.15, -0.1) is 0 Å². The number of methoxy groups -OCH3 is 1. The van der Waals surface area contributed by atoms with E-state index < -0.39 is 0 Å². The number of hydrogen-bond donors (Lipinski definition) is 2. The van der Waals surface area contributed by atoms with E-state index in [-0.39, 0.29) is 5.91 Å². The van der Waals surface area contributed by atoms with Crippen molar-refractivity contribution in [3.63, 3.8) is 0 Å². The summed E-state index contributed by atoms with van der Waals surface area (Å²) >= 11 is 0. The fraction of sp³-hybridized carbons (Fsp3) is 0.360. The van der Waals surface area contributed by atoms with Crippen LogP contribution in [-0.2, 0) is 17.8 Å². The van der Waals surface area contributed by atoms with Gasteiger partial charge < -0.3 is 19.9 Å². The normalized spacial score (nSPS) is 18.5. The molecule has 2 heterocycles. The van der Waals surface area contributed by atoms with Gasteiger partial charge in [0.25, 0.3) is 0 Å². The molecule has 2 N–H and O–H groups in total. The van der Waals surface area contributed by atoms with Crippen LogP contribution in [0.25, 0.3) is 11.3 Å². The van der Waals surface area contributed by atoms with Crippen LogP contribution in [0.2, 0.25) is 0 Å². The summed E-state index contributed by atoms with van der Waals surface area (Å²) in [6, 6.07) is 19.8. The Morgan fingerprint density at radius 3 is 2.74 bits per heavy atom. The predicted molar refractivity (Wildman–Crippen MR) is 120 cm³/mol. The van der Waals surface area contributed by atoms with Gasteiger partial charge in [-0.3, -0.25) is 4.79 Å². The number of piperidine rings is 1. The third-order valence-corrected chi connectivity index (χ3v) is 5.95. The largest absolute Gasteiger partial charge is 0.497 e. The fourth-order valence-electron chi connectivity index (χ4n) is 4.16. The number of amides is 1. The van der Waals surface area contributed by atoms with Crippen molar-refractivity contribution in [2.24, 2.45) is 11.8 Å². The molecule has 2 aromatic carbocycles. The van der Waals surface area contributed by atoms with E-state index in [0.717, 1.165) is 54.3 Å². The van der Waals surface area contributed by atoms with Gasteiger partial charge in [0.05, 0.1) is 12.8 Å². The van der Waals surface area contributed by atoms with Gasteiger partial charge in [0.2, 0.25) is 5.91 Å². The predicted octanol–water partition coefficient (Wildman–Crippen LogP) is 3.82. The number of carbonyl (C=O) groups excluding carboxylic acids is 1. The van der Waals surface area contributed by atoms with Gasteiger partial charge in [-0.2, -0.15) is 0 Å². The molecule has 0 saturated carbocycles. The number of benzene rings is 2. The van der Waals surface area contributed by atoms with Gasteiger partial charge in [-0.1, -0.05) is 35.5 Å². The first-order chi connectivity index (χ1) is 15.2. The van der Waals surface area contributed by atoms with Crippen molar-refractivity contribution in [2.45, 2.75) is 25.8 Å². The highest BCUT2D eigenvalue weighted by atomic mass is 16.5. The summed E-state index contributed by atoms with van der Waals surface area (Å²) in [7, 11) is 1.65. The Bertz CT molecular complexity index is 969. The third kappa shape index (κ3) is 5.73. The van der Waals surface area contributed by atoms with E-state index in [0.29, 0.717) is 24.8 Å². The molecule has 1 amide bonds. The number of nitrogens with zero attached hydrogens (tertiary/aromatic N) is 1. The molecule has 6 heteroatoms. The lowest BCUT2D eigenvalue weighted by Gasteiger charge is -2.31. The molecule has 0 bridgehead atoms. The Labute approximate surface area is 183 Å². The van der Waals surface area contributed by atoms with Gasteiger partial charge in [-0.25, -0.2) is 0 Å². The van der Waals surface area contributed by atoms with E-state index in [1.165, 1.54) is 0 Å². The zero-order valence-electron chi connectivity index (χ0n) is 17.8. The molecular weight excluding hydrogens is 390 g/mol. The van der Waals surface area contributed by atoms with E-state index in [1.54, 1.807) is 7.11 Å². The maximum absolute atomic E-state index is 12.5. The standard InChI is InChI=1S/C25H29N3O3/c1-30-23-9-7-19(8-10-23)24-15-22(28-31-24)13-21-17-26-12-11-20(21)14-25(29)27-16-18-5-3-2-4-6-18/h2-10,15,20-21,26H,11-14,16-17H2,1H3,(H,27,29)/t20-,21-/m0/s1. The molecular formula is C25H29N3O3. The summed E-state index contributed by atoms with van der Waals surface area (Å²) in [5.74, 6) is 2.35. The molecule has 162 valence electrons. The van der Waals surface area contributed by atoms with E-state index >= 15 is 0 Å². The Hall–Kier alpha value is -3.12. The van der Waals surface area contributed by atoms with Gasteiger partial charge in [0.15, 0.2) is 5.76 Å². The summed E-state index contributed by atoms with van der Waals surface area (Å²) in [5, 5.41) is 10.8.